The molecule has 0 bridgehead atoms. The van der Waals surface area contributed by atoms with Crippen molar-refractivity contribution in [2.45, 2.75) is 145 Å². The van der Waals surface area contributed by atoms with Crippen LogP contribution < -0.4 is 0 Å². The van der Waals surface area contributed by atoms with E-state index in [1.165, 1.54) is 31.8 Å². The molecule has 0 spiro atoms. The van der Waals surface area contributed by atoms with Crippen LogP contribution in [0.15, 0.2) is 11.6 Å². The van der Waals surface area contributed by atoms with E-state index in [0.717, 1.165) is 77.3 Å². The molecule has 0 aromatic carbocycles. The first-order chi connectivity index (χ1) is 20.0. The summed E-state index contributed by atoms with van der Waals surface area (Å²) in [7, 11) is 0. The number of hydrogen-bond acceptors (Lipinski definition) is 4. The maximum atomic E-state index is 14.7. The second-order valence-corrected chi connectivity index (χ2v) is 17.9. The summed E-state index contributed by atoms with van der Waals surface area (Å²) >= 11 is 0. The maximum absolute atomic E-state index is 14.7. The zero-order valence-corrected chi connectivity index (χ0v) is 28.6. The van der Waals surface area contributed by atoms with Gasteiger partial charge in [-0.05, 0) is 110 Å². The quantitative estimate of drug-likeness (QED) is 0.302. The highest BCUT2D eigenvalue weighted by Gasteiger charge is 2.70. The van der Waals surface area contributed by atoms with Crippen LogP contribution >= 0.6 is 0 Å². The van der Waals surface area contributed by atoms with Crippen molar-refractivity contribution in [1.82, 2.24) is 4.90 Å². The predicted octanol–water partition coefficient (Wildman–Crippen LogP) is 8.30. The van der Waals surface area contributed by atoms with Crippen molar-refractivity contribution in [3.8, 4) is 0 Å². The molecule has 0 aromatic heterocycles. The van der Waals surface area contributed by atoms with Gasteiger partial charge in [0, 0.05) is 36.8 Å². The number of ketones is 1. The van der Waals surface area contributed by atoms with Crippen LogP contribution in [0.4, 0.5) is 0 Å². The molecule has 4 saturated carbocycles. The van der Waals surface area contributed by atoms with Crippen LogP contribution in [0, 0.1) is 50.2 Å². The molecule has 5 nitrogen and oxygen atoms in total. The lowest BCUT2D eigenvalue weighted by molar-refractivity contribution is -0.210. The van der Waals surface area contributed by atoms with Crippen molar-refractivity contribution in [1.29, 1.82) is 0 Å². The van der Waals surface area contributed by atoms with E-state index in [9.17, 15) is 14.4 Å². The van der Waals surface area contributed by atoms with Gasteiger partial charge in [-0.3, -0.25) is 14.4 Å². The summed E-state index contributed by atoms with van der Waals surface area (Å²) in [5, 5.41) is 0. The van der Waals surface area contributed by atoms with Gasteiger partial charge in [0.05, 0.1) is 0 Å². The molecule has 6 rings (SSSR count). The number of esters is 1. The molecule has 5 fully saturated rings. The van der Waals surface area contributed by atoms with E-state index < -0.39 is 0 Å². The van der Waals surface area contributed by atoms with Crippen LogP contribution in [-0.4, -0.2) is 41.8 Å². The van der Waals surface area contributed by atoms with E-state index in [2.05, 4.69) is 59.4 Å². The Morgan fingerprint density at radius 3 is 2.14 bits per heavy atom. The average Bonchev–Trinajstić information content (AvgIpc) is 3.21. The topological polar surface area (TPSA) is 63.7 Å². The Labute approximate surface area is 261 Å². The fraction of sp³-hybridized carbons (Fsp3) is 0.868. The molecule has 1 heterocycles. The third-order valence-electron chi connectivity index (χ3n) is 15.2. The van der Waals surface area contributed by atoms with E-state index >= 15 is 0 Å². The largest absolute Gasteiger partial charge is 0.462 e. The Morgan fingerprint density at radius 1 is 0.837 bits per heavy atom. The number of amides is 1. The highest BCUT2D eigenvalue weighted by Crippen LogP contribution is 2.75. The van der Waals surface area contributed by atoms with Crippen molar-refractivity contribution in [2.24, 2.45) is 50.2 Å². The zero-order valence-electron chi connectivity index (χ0n) is 28.6. The van der Waals surface area contributed by atoms with E-state index in [1.807, 2.05) is 0 Å². The van der Waals surface area contributed by atoms with Crippen molar-refractivity contribution in [3.05, 3.63) is 11.6 Å². The van der Waals surface area contributed by atoms with E-state index in [-0.39, 0.29) is 56.4 Å². The molecule has 1 amide bonds. The van der Waals surface area contributed by atoms with E-state index in [0.29, 0.717) is 17.6 Å². The predicted molar refractivity (Wildman–Crippen MR) is 170 cm³/mol. The Hall–Kier alpha value is -1.65. The zero-order chi connectivity index (χ0) is 31.2. The van der Waals surface area contributed by atoms with Crippen LogP contribution in [0.5, 0.6) is 0 Å². The van der Waals surface area contributed by atoms with Crippen LogP contribution in [0.1, 0.15) is 139 Å². The van der Waals surface area contributed by atoms with Crippen molar-refractivity contribution >= 4 is 17.7 Å². The van der Waals surface area contributed by atoms with E-state index in [4.69, 9.17) is 4.74 Å². The van der Waals surface area contributed by atoms with Gasteiger partial charge in [0.25, 0.3) is 0 Å². The number of fused-ring (bicyclic) bond motifs is 7. The number of ether oxygens (including phenoxy) is 1. The summed E-state index contributed by atoms with van der Waals surface area (Å²) in [6, 6.07) is 0. The Kier molecular flexibility index (Phi) is 7.42. The van der Waals surface area contributed by atoms with Gasteiger partial charge in [-0.1, -0.05) is 66.9 Å². The molecular formula is C38H59NO4. The minimum atomic E-state index is -0.350. The van der Waals surface area contributed by atoms with Gasteiger partial charge in [-0.25, -0.2) is 0 Å². The van der Waals surface area contributed by atoms with Gasteiger partial charge in [0.1, 0.15) is 6.10 Å². The lowest BCUT2D eigenvalue weighted by atomic mass is 9.33. The Balaban J connectivity index is 1.36. The number of carbonyl (C=O) groups is 3. The van der Waals surface area contributed by atoms with Gasteiger partial charge in [-0.2, -0.15) is 0 Å². The summed E-state index contributed by atoms with van der Waals surface area (Å²) in [5.41, 5.74) is 0.720. The van der Waals surface area contributed by atoms with Crippen molar-refractivity contribution in [2.75, 3.05) is 13.1 Å². The van der Waals surface area contributed by atoms with Gasteiger partial charge >= 0.3 is 5.97 Å². The first-order valence-corrected chi connectivity index (χ1v) is 17.7. The Morgan fingerprint density at radius 2 is 1.49 bits per heavy atom. The van der Waals surface area contributed by atoms with Crippen LogP contribution in [-0.2, 0) is 19.1 Å². The highest BCUT2D eigenvalue weighted by molar-refractivity contribution is 5.95. The highest BCUT2D eigenvalue weighted by atomic mass is 16.5. The first kappa shape index (κ1) is 31.3. The monoisotopic (exact) mass is 593 g/mol. The van der Waals surface area contributed by atoms with Crippen molar-refractivity contribution < 1.29 is 19.1 Å². The molecule has 1 saturated heterocycles. The fourth-order valence-electron chi connectivity index (χ4n) is 12.4. The summed E-state index contributed by atoms with van der Waals surface area (Å²) in [5.74, 6) is 1.09. The molecule has 9 unspecified atom stereocenters. The normalized spacial score (nSPS) is 47.6. The minimum absolute atomic E-state index is 0.0249. The molecule has 43 heavy (non-hydrogen) atoms. The number of nitrogens with zero attached hydrogens (tertiary/aromatic N) is 1. The lowest BCUT2D eigenvalue weighted by Gasteiger charge is -2.70. The van der Waals surface area contributed by atoms with Crippen LogP contribution in [0.2, 0.25) is 0 Å². The molecule has 240 valence electrons. The fourth-order valence-corrected chi connectivity index (χ4v) is 12.4. The maximum Gasteiger partial charge on any atom is 0.302 e. The van der Waals surface area contributed by atoms with Gasteiger partial charge in [-0.15, -0.1) is 0 Å². The second-order valence-electron chi connectivity index (χ2n) is 17.9. The lowest BCUT2D eigenvalue weighted by Crippen LogP contribution is -2.66. The molecule has 5 heteroatoms. The first-order valence-electron chi connectivity index (χ1n) is 17.7. The molecule has 0 N–H and O–H groups in total. The van der Waals surface area contributed by atoms with Gasteiger partial charge < -0.3 is 9.64 Å². The average molecular weight is 594 g/mol. The summed E-state index contributed by atoms with van der Waals surface area (Å²) in [6.07, 6.45) is 15.8. The number of carbonyl (C=O) groups excluding carboxylic acids is 3. The molecule has 0 aromatic rings. The minimum Gasteiger partial charge on any atom is -0.462 e. The van der Waals surface area contributed by atoms with Crippen molar-refractivity contribution in [3.63, 3.8) is 0 Å². The van der Waals surface area contributed by atoms with Gasteiger partial charge in [0.15, 0.2) is 5.78 Å². The molecule has 9 atom stereocenters. The second kappa shape index (κ2) is 10.2. The van der Waals surface area contributed by atoms with Gasteiger partial charge in [0.2, 0.25) is 5.91 Å². The molecule has 6 aliphatic rings. The number of hydrogen-bond donors (Lipinski definition) is 0. The summed E-state index contributed by atoms with van der Waals surface area (Å²) < 4.78 is 5.89. The smallest absolute Gasteiger partial charge is 0.302 e. The molecule has 5 aliphatic carbocycles. The third kappa shape index (κ3) is 4.46. The van der Waals surface area contributed by atoms with Crippen LogP contribution in [0.3, 0.4) is 0 Å². The Bertz CT molecular complexity index is 1210. The standard InChI is InChI=1S/C38H59NO4/c1-25(40)43-30-14-15-36(6)29(33(30,2)3)13-16-38(8)31(36)28(41)23-26-27-24-35(5,32(42)39-21-11-9-10-12-22-39)18-17-34(27,4)19-20-37(26,38)7/h23,27,29-31H,9-22,24H2,1-8H3. The number of rotatable bonds is 2. The summed E-state index contributed by atoms with van der Waals surface area (Å²) in [6.45, 7) is 20.0. The molecular weight excluding hydrogens is 534 g/mol. The van der Waals surface area contributed by atoms with Crippen LogP contribution in [0.25, 0.3) is 0 Å². The SMILES string of the molecule is CC(=O)OC1CCC2(C)C(CCC3(C)C2C(=O)C=C2C4CC(C)(C(=O)N5CCCCCC5)CCC4(C)CCC23C)C1(C)C. The molecule has 0 radical (unpaired) electrons. The molecule has 1 aliphatic heterocycles. The summed E-state index contributed by atoms with van der Waals surface area (Å²) in [4.78, 5) is 43.0. The number of likely N-dealkylation sites (tertiary alicyclic amines) is 1. The number of allylic oxidation sites excluding steroid dienone is 2. The van der Waals surface area contributed by atoms with E-state index in [1.54, 1.807) is 0 Å². The third-order valence-corrected chi connectivity index (χ3v) is 15.2.